The topological polar surface area (TPSA) is 49.8 Å². The van der Waals surface area contributed by atoms with Crippen molar-refractivity contribution < 1.29 is 0 Å². The van der Waals surface area contributed by atoms with E-state index in [1.165, 1.54) is 36.9 Å². The fourth-order valence-corrected chi connectivity index (χ4v) is 2.94. The molecular weight excluding hydrogens is 212 g/mol. The van der Waals surface area contributed by atoms with Gasteiger partial charge in [-0.1, -0.05) is 12.8 Å². The maximum atomic E-state index is 4.81. The summed E-state index contributed by atoms with van der Waals surface area (Å²) in [6, 6.07) is 0. The second-order valence-corrected chi connectivity index (χ2v) is 5.01. The van der Waals surface area contributed by atoms with E-state index >= 15 is 0 Å². The first-order valence-electron chi connectivity index (χ1n) is 6.66. The standard InChI is InChI=1S/C13H20N4/c1-14-13-10-8-15-7-6-11(10)16-12(17-13)9-4-2-3-5-9/h9,15H,2-8H2,1H3,(H,14,16,17). The third kappa shape index (κ3) is 2.02. The summed E-state index contributed by atoms with van der Waals surface area (Å²) < 4.78 is 0. The lowest BCUT2D eigenvalue weighted by Gasteiger charge is -2.21. The van der Waals surface area contributed by atoms with Crippen molar-refractivity contribution in [1.82, 2.24) is 15.3 Å². The Labute approximate surface area is 102 Å². The molecule has 17 heavy (non-hydrogen) atoms. The summed E-state index contributed by atoms with van der Waals surface area (Å²) in [5, 5.41) is 6.61. The predicted molar refractivity (Wildman–Crippen MR) is 68.2 cm³/mol. The van der Waals surface area contributed by atoms with Crippen LogP contribution in [0.3, 0.4) is 0 Å². The molecule has 92 valence electrons. The molecule has 2 heterocycles. The van der Waals surface area contributed by atoms with Crippen molar-refractivity contribution in [3.8, 4) is 0 Å². The van der Waals surface area contributed by atoms with E-state index in [2.05, 4.69) is 10.6 Å². The summed E-state index contributed by atoms with van der Waals surface area (Å²) in [4.78, 5) is 9.54. The zero-order valence-corrected chi connectivity index (χ0v) is 10.4. The average molecular weight is 232 g/mol. The van der Waals surface area contributed by atoms with Crippen LogP contribution in [0.4, 0.5) is 5.82 Å². The van der Waals surface area contributed by atoms with Gasteiger partial charge in [-0.15, -0.1) is 0 Å². The fraction of sp³-hybridized carbons (Fsp3) is 0.692. The maximum absolute atomic E-state index is 4.81. The zero-order valence-electron chi connectivity index (χ0n) is 10.4. The summed E-state index contributed by atoms with van der Waals surface area (Å²) in [7, 11) is 1.95. The summed E-state index contributed by atoms with van der Waals surface area (Å²) >= 11 is 0. The monoisotopic (exact) mass is 232 g/mol. The van der Waals surface area contributed by atoms with Crippen molar-refractivity contribution in [2.75, 3.05) is 18.9 Å². The molecule has 0 unspecified atom stereocenters. The van der Waals surface area contributed by atoms with Gasteiger partial charge >= 0.3 is 0 Å². The molecule has 0 bridgehead atoms. The minimum atomic E-state index is 0.599. The summed E-state index contributed by atoms with van der Waals surface area (Å²) in [6.07, 6.45) is 6.23. The van der Waals surface area contributed by atoms with E-state index in [9.17, 15) is 0 Å². The molecule has 0 aromatic carbocycles. The minimum Gasteiger partial charge on any atom is -0.373 e. The van der Waals surface area contributed by atoms with Gasteiger partial charge in [-0.2, -0.15) is 0 Å². The average Bonchev–Trinajstić information content (AvgIpc) is 2.91. The lowest BCUT2D eigenvalue weighted by Crippen LogP contribution is -2.27. The van der Waals surface area contributed by atoms with Gasteiger partial charge in [0.15, 0.2) is 0 Å². The van der Waals surface area contributed by atoms with E-state index in [1.54, 1.807) is 0 Å². The molecular formula is C13H20N4. The van der Waals surface area contributed by atoms with Gasteiger partial charge in [0.05, 0.1) is 5.69 Å². The number of rotatable bonds is 2. The number of fused-ring (bicyclic) bond motifs is 1. The van der Waals surface area contributed by atoms with E-state index in [0.717, 1.165) is 31.2 Å². The minimum absolute atomic E-state index is 0.599. The highest BCUT2D eigenvalue weighted by Crippen LogP contribution is 2.33. The van der Waals surface area contributed by atoms with E-state index < -0.39 is 0 Å². The number of aromatic nitrogens is 2. The van der Waals surface area contributed by atoms with Gasteiger partial charge in [-0.3, -0.25) is 0 Å². The van der Waals surface area contributed by atoms with Crippen LogP contribution in [0.2, 0.25) is 0 Å². The largest absolute Gasteiger partial charge is 0.373 e. The van der Waals surface area contributed by atoms with Crippen molar-refractivity contribution in [2.45, 2.75) is 44.6 Å². The van der Waals surface area contributed by atoms with Crippen LogP contribution in [-0.2, 0) is 13.0 Å². The molecule has 1 aliphatic heterocycles. The highest BCUT2D eigenvalue weighted by atomic mass is 15.0. The van der Waals surface area contributed by atoms with E-state index in [0.29, 0.717) is 5.92 Å². The number of hydrogen-bond donors (Lipinski definition) is 2. The van der Waals surface area contributed by atoms with Gasteiger partial charge in [-0.05, 0) is 12.8 Å². The molecule has 1 saturated carbocycles. The summed E-state index contributed by atoms with van der Waals surface area (Å²) in [6.45, 7) is 1.94. The number of hydrogen-bond acceptors (Lipinski definition) is 4. The highest BCUT2D eigenvalue weighted by molar-refractivity contribution is 5.47. The van der Waals surface area contributed by atoms with Gasteiger partial charge < -0.3 is 10.6 Å². The van der Waals surface area contributed by atoms with Crippen molar-refractivity contribution in [3.63, 3.8) is 0 Å². The lowest BCUT2D eigenvalue weighted by molar-refractivity contribution is 0.603. The lowest BCUT2D eigenvalue weighted by atomic mass is 10.0. The molecule has 1 aromatic heterocycles. The third-order valence-electron chi connectivity index (χ3n) is 3.91. The molecule has 1 fully saturated rings. The van der Waals surface area contributed by atoms with Crippen molar-refractivity contribution in [2.24, 2.45) is 0 Å². The smallest absolute Gasteiger partial charge is 0.134 e. The van der Waals surface area contributed by atoms with E-state index in [4.69, 9.17) is 9.97 Å². The number of nitrogens with one attached hydrogen (secondary N) is 2. The number of nitrogens with zero attached hydrogens (tertiary/aromatic N) is 2. The van der Waals surface area contributed by atoms with Crippen LogP contribution in [0.5, 0.6) is 0 Å². The van der Waals surface area contributed by atoms with Gasteiger partial charge in [-0.25, -0.2) is 9.97 Å². The Morgan fingerprint density at radius 2 is 2.06 bits per heavy atom. The number of anilines is 1. The fourth-order valence-electron chi connectivity index (χ4n) is 2.94. The molecule has 4 nitrogen and oxygen atoms in total. The first kappa shape index (κ1) is 11.0. The Morgan fingerprint density at radius 3 is 2.82 bits per heavy atom. The second-order valence-electron chi connectivity index (χ2n) is 5.01. The molecule has 0 radical (unpaired) electrons. The van der Waals surface area contributed by atoms with E-state index in [-0.39, 0.29) is 0 Å². The van der Waals surface area contributed by atoms with Crippen LogP contribution in [-0.4, -0.2) is 23.6 Å². The first-order chi connectivity index (χ1) is 8.38. The van der Waals surface area contributed by atoms with Crippen LogP contribution >= 0.6 is 0 Å². The maximum Gasteiger partial charge on any atom is 0.134 e. The normalized spacial score (nSPS) is 20.3. The second kappa shape index (κ2) is 4.61. The third-order valence-corrected chi connectivity index (χ3v) is 3.91. The Kier molecular flexibility index (Phi) is 2.97. The summed E-state index contributed by atoms with van der Waals surface area (Å²) in [5.74, 6) is 2.71. The molecule has 0 atom stereocenters. The van der Waals surface area contributed by atoms with Gasteiger partial charge in [0.2, 0.25) is 0 Å². The molecule has 2 aliphatic rings. The molecule has 3 rings (SSSR count). The van der Waals surface area contributed by atoms with Gasteiger partial charge in [0.1, 0.15) is 11.6 Å². The van der Waals surface area contributed by atoms with Crippen LogP contribution in [0.1, 0.15) is 48.7 Å². The van der Waals surface area contributed by atoms with Crippen LogP contribution in [0.25, 0.3) is 0 Å². The Balaban J connectivity index is 1.99. The molecule has 2 N–H and O–H groups in total. The first-order valence-corrected chi connectivity index (χ1v) is 6.66. The zero-order chi connectivity index (χ0) is 11.7. The SMILES string of the molecule is CNc1nc(C2CCCC2)nc2c1CNCC2. The molecule has 0 saturated heterocycles. The molecule has 0 spiro atoms. The van der Waals surface area contributed by atoms with Crippen molar-refractivity contribution in [1.29, 1.82) is 0 Å². The van der Waals surface area contributed by atoms with Gasteiger partial charge in [0.25, 0.3) is 0 Å². The van der Waals surface area contributed by atoms with E-state index in [1.807, 2.05) is 7.05 Å². The quantitative estimate of drug-likeness (QED) is 0.816. The van der Waals surface area contributed by atoms with Crippen molar-refractivity contribution >= 4 is 5.82 Å². The Bertz CT molecular complexity index is 393. The Morgan fingerprint density at radius 1 is 1.24 bits per heavy atom. The van der Waals surface area contributed by atoms with Crippen LogP contribution in [0.15, 0.2) is 0 Å². The molecule has 0 amide bonds. The Hall–Kier alpha value is -1.16. The van der Waals surface area contributed by atoms with Crippen molar-refractivity contribution in [3.05, 3.63) is 17.1 Å². The predicted octanol–water partition coefficient (Wildman–Crippen LogP) is 1.82. The summed E-state index contributed by atoms with van der Waals surface area (Å²) in [5.41, 5.74) is 2.52. The molecule has 4 heteroatoms. The highest BCUT2D eigenvalue weighted by Gasteiger charge is 2.23. The molecule has 1 aromatic rings. The van der Waals surface area contributed by atoms with Gasteiger partial charge in [0, 0.05) is 38.0 Å². The van der Waals surface area contributed by atoms with Crippen LogP contribution < -0.4 is 10.6 Å². The van der Waals surface area contributed by atoms with Crippen LogP contribution in [0, 0.1) is 0 Å². The molecule has 1 aliphatic carbocycles.